The van der Waals surface area contributed by atoms with Gasteiger partial charge in [-0.2, -0.15) is 0 Å². The van der Waals surface area contributed by atoms with Gasteiger partial charge >= 0.3 is 0 Å². The number of aromatic nitrogens is 2. The van der Waals surface area contributed by atoms with Crippen LogP contribution in [0.3, 0.4) is 0 Å². The molecule has 0 saturated carbocycles. The average molecular weight is 379 g/mol. The van der Waals surface area contributed by atoms with Crippen molar-refractivity contribution < 1.29 is 4.79 Å². The van der Waals surface area contributed by atoms with Crippen LogP contribution in [0.5, 0.6) is 0 Å². The average Bonchev–Trinajstić information content (AvgIpc) is 2.69. The van der Waals surface area contributed by atoms with Crippen LogP contribution < -0.4 is 10.9 Å². The van der Waals surface area contributed by atoms with Crippen LogP contribution in [0.4, 0.5) is 0 Å². The van der Waals surface area contributed by atoms with Crippen LogP contribution in [-0.2, 0) is 11.3 Å². The van der Waals surface area contributed by atoms with Crippen molar-refractivity contribution in [3.05, 3.63) is 83.2 Å². The number of nitrogens with zero attached hydrogens (tertiary/aromatic N) is 2. The summed E-state index contributed by atoms with van der Waals surface area (Å²) in [5, 5.41) is 3.49. The number of thioether (sulfide) groups is 1. The predicted molar refractivity (Wildman–Crippen MR) is 110 cm³/mol. The third kappa shape index (κ3) is 4.46. The molecule has 1 atom stereocenters. The van der Waals surface area contributed by atoms with Crippen molar-refractivity contribution in [2.45, 2.75) is 23.9 Å². The van der Waals surface area contributed by atoms with Crippen molar-refractivity contribution in [2.75, 3.05) is 6.54 Å². The number of benzene rings is 2. The Bertz CT molecular complexity index is 1010. The molecule has 1 heterocycles. The zero-order valence-electron chi connectivity index (χ0n) is 15.1. The van der Waals surface area contributed by atoms with Gasteiger partial charge in [0.2, 0.25) is 5.91 Å². The van der Waals surface area contributed by atoms with E-state index >= 15 is 0 Å². The number of hydrogen-bond donors (Lipinski definition) is 1. The van der Waals surface area contributed by atoms with Crippen LogP contribution in [0, 0.1) is 0 Å². The molecule has 138 valence electrons. The van der Waals surface area contributed by atoms with Crippen LogP contribution in [-0.4, -0.2) is 27.3 Å². The molecule has 3 aromatic rings. The van der Waals surface area contributed by atoms with Crippen LogP contribution >= 0.6 is 11.8 Å². The van der Waals surface area contributed by atoms with Crippen LogP contribution in [0.25, 0.3) is 10.9 Å². The van der Waals surface area contributed by atoms with Crippen molar-refractivity contribution in [3.8, 4) is 0 Å². The molecule has 0 saturated heterocycles. The second-order valence-corrected chi connectivity index (χ2v) is 7.39. The van der Waals surface area contributed by atoms with Gasteiger partial charge in [0.05, 0.1) is 22.7 Å². The van der Waals surface area contributed by atoms with E-state index in [1.54, 1.807) is 23.6 Å². The first-order valence-electron chi connectivity index (χ1n) is 8.69. The highest BCUT2D eigenvalue weighted by atomic mass is 32.2. The molecule has 0 bridgehead atoms. The first-order chi connectivity index (χ1) is 13.1. The summed E-state index contributed by atoms with van der Waals surface area (Å²) in [7, 11) is 0. The molecule has 0 aliphatic carbocycles. The molecule has 0 radical (unpaired) electrons. The van der Waals surface area contributed by atoms with Gasteiger partial charge in [0.1, 0.15) is 0 Å². The standard InChI is InChI=1S/C21H21N3O2S/c1-3-13-22-19(25)15(2)27-21-23-18-12-8-7-11-17(18)20(26)24(21)14-16-9-5-4-6-10-16/h3-12,15H,1,13-14H2,2H3,(H,22,25). The highest BCUT2D eigenvalue weighted by molar-refractivity contribution is 8.00. The molecule has 1 aromatic heterocycles. The normalized spacial score (nSPS) is 11.9. The molecule has 1 unspecified atom stereocenters. The minimum atomic E-state index is -0.389. The highest BCUT2D eigenvalue weighted by Gasteiger charge is 2.19. The molecule has 1 amide bonds. The molecule has 0 spiro atoms. The van der Waals surface area contributed by atoms with Gasteiger partial charge in [-0.3, -0.25) is 14.2 Å². The molecule has 27 heavy (non-hydrogen) atoms. The first kappa shape index (κ1) is 18.9. The van der Waals surface area contributed by atoms with E-state index < -0.39 is 0 Å². The SMILES string of the molecule is C=CCNC(=O)C(C)Sc1nc2ccccc2c(=O)n1Cc1ccccc1. The summed E-state index contributed by atoms with van der Waals surface area (Å²) in [5.41, 5.74) is 1.53. The van der Waals surface area contributed by atoms with Crippen molar-refractivity contribution in [1.29, 1.82) is 0 Å². The minimum absolute atomic E-state index is 0.106. The van der Waals surface area contributed by atoms with Gasteiger partial charge in [0.15, 0.2) is 5.16 Å². The third-order valence-electron chi connectivity index (χ3n) is 4.08. The lowest BCUT2D eigenvalue weighted by molar-refractivity contribution is -0.120. The fourth-order valence-electron chi connectivity index (χ4n) is 2.67. The summed E-state index contributed by atoms with van der Waals surface area (Å²) in [6.07, 6.45) is 1.63. The summed E-state index contributed by atoms with van der Waals surface area (Å²) >= 11 is 1.28. The Balaban J connectivity index is 2.01. The fourth-order valence-corrected chi connectivity index (χ4v) is 3.60. The predicted octanol–water partition coefficient (Wildman–Crippen LogP) is 3.23. The van der Waals surface area contributed by atoms with Crippen molar-refractivity contribution >= 4 is 28.6 Å². The van der Waals surface area contributed by atoms with Crippen LogP contribution in [0.1, 0.15) is 12.5 Å². The second-order valence-electron chi connectivity index (χ2n) is 6.08. The van der Waals surface area contributed by atoms with Gasteiger partial charge in [0.25, 0.3) is 5.56 Å². The summed E-state index contributed by atoms with van der Waals surface area (Å²) in [6, 6.07) is 17.0. The summed E-state index contributed by atoms with van der Waals surface area (Å²) < 4.78 is 1.64. The van der Waals surface area contributed by atoms with E-state index in [9.17, 15) is 9.59 Å². The molecule has 0 aliphatic heterocycles. The highest BCUT2D eigenvalue weighted by Crippen LogP contribution is 2.23. The Morgan fingerprint density at radius 1 is 1.22 bits per heavy atom. The van der Waals surface area contributed by atoms with E-state index in [0.717, 1.165) is 5.56 Å². The summed E-state index contributed by atoms with van der Waals surface area (Å²) in [6.45, 7) is 6.22. The Morgan fingerprint density at radius 3 is 2.67 bits per heavy atom. The second kappa shape index (κ2) is 8.68. The molecule has 1 N–H and O–H groups in total. The lowest BCUT2D eigenvalue weighted by atomic mass is 10.2. The number of hydrogen-bond acceptors (Lipinski definition) is 4. The Hall–Kier alpha value is -2.86. The number of nitrogens with one attached hydrogen (secondary N) is 1. The molecule has 2 aromatic carbocycles. The molecule has 0 fully saturated rings. The van der Waals surface area contributed by atoms with Gasteiger partial charge < -0.3 is 5.32 Å². The van der Waals surface area contributed by atoms with E-state index in [0.29, 0.717) is 29.1 Å². The summed E-state index contributed by atoms with van der Waals surface area (Å²) in [4.78, 5) is 30.0. The zero-order chi connectivity index (χ0) is 19.2. The number of amides is 1. The van der Waals surface area contributed by atoms with Crippen LogP contribution in [0.15, 0.2) is 77.2 Å². The molecule has 0 aliphatic rings. The monoisotopic (exact) mass is 379 g/mol. The van der Waals surface area contributed by atoms with E-state index in [2.05, 4.69) is 16.9 Å². The van der Waals surface area contributed by atoms with E-state index in [1.807, 2.05) is 48.5 Å². The Kier molecular flexibility index (Phi) is 6.08. The minimum Gasteiger partial charge on any atom is -0.352 e. The Morgan fingerprint density at radius 2 is 1.93 bits per heavy atom. The van der Waals surface area contributed by atoms with Gasteiger partial charge in [-0.25, -0.2) is 4.98 Å². The van der Waals surface area contributed by atoms with E-state index in [-0.39, 0.29) is 16.7 Å². The van der Waals surface area contributed by atoms with E-state index in [1.165, 1.54) is 11.8 Å². The Labute approximate surface area is 162 Å². The van der Waals surface area contributed by atoms with Gasteiger partial charge in [-0.05, 0) is 24.6 Å². The molecule has 5 nitrogen and oxygen atoms in total. The zero-order valence-corrected chi connectivity index (χ0v) is 15.9. The lowest BCUT2D eigenvalue weighted by Crippen LogP contribution is -2.32. The van der Waals surface area contributed by atoms with Gasteiger partial charge in [-0.15, -0.1) is 6.58 Å². The maximum Gasteiger partial charge on any atom is 0.262 e. The maximum absolute atomic E-state index is 13.1. The van der Waals surface area contributed by atoms with E-state index in [4.69, 9.17) is 0 Å². The van der Waals surface area contributed by atoms with Gasteiger partial charge in [-0.1, -0.05) is 60.3 Å². The molecular weight excluding hydrogens is 358 g/mol. The number of carbonyl (C=O) groups excluding carboxylic acids is 1. The molecule has 6 heteroatoms. The number of rotatable bonds is 7. The van der Waals surface area contributed by atoms with Gasteiger partial charge in [0, 0.05) is 6.54 Å². The molecular formula is C21H21N3O2S. The lowest BCUT2D eigenvalue weighted by Gasteiger charge is -2.16. The van der Waals surface area contributed by atoms with Crippen LogP contribution in [0.2, 0.25) is 0 Å². The quantitative estimate of drug-likeness (QED) is 0.389. The number of carbonyl (C=O) groups is 1. The smallest absolute Gasteiger partial charge is 0.262 e. The van der Waals surface area contributed by atoms with Crippen molar-refractivity contribution in [1.82, 2.24) is 14.9 Å². The fraction of sp³-hybridized carbons (Fsp3) is 0.190. The maximum atomic E-state index is 13.1. The summed E-state index contributed by atoms with van der Waals surface area (Å²) in [5.74, 6) is -0.117. The largest absolute Gasteiger partial charge is 0.352 e. The topological polar surface area (TPSA) is 64.0 Å². The van der Waals surface area contributed by atoms with Crippen molar-refractivity contribution in [3.63, 3.8) is 0 Å². The number of para-hydroxylation sites is 1. The third-order valence-corrected chi connectivity index (χ3v) is 5.17. The first-order valence-corrected chi connectivity index (χ1v) is 9.57. The number of fused-ring (bicyclic) bond motifs is 1. The molecule has 3 rings (SSSR count). The van der Waals surface area contributed by atoms with Crippen molar-refractivity contribution in [2.24, 2.45) is 0 Å².